The summed E-state index contributed by atoms with van der Waals surface area (Å²) >= 11 is 5.83. The predicted octanol–water partition coefficient (Wildman–Crippen LogP) is 4.68. The lowest BCUT2D eigenvalue weighted by Gasteiger charge is -2.09. The maximum atomic E-state index is 12.2. The van der Waals surface area contributed by atoms with E-state index in [-0.39, 0.29) is 11.3 Å². The number of hydrogen-bond donors (Lipinski definition) is 1. The quantitative estimate of drug-likeness (QED) is 0.714. The van der Waals surface area contributed by atoms with Crippen molar-refractivity contribution in [2.75, 3.05) is 5.32 Å². The summed E-state index contributed by atoms with van der Waals surface area (Å²) in [5.74, 6) is -0.819. The fourth-order valence-electron chi connectivity index (χ4n) is 2.12. The molecule has 134 valence electrons. The average Bonchev–Trinajstić information content (AvgIpc) is 3.06. The van der Waals surface area contributed by atoms with Crippen LogP contribution in [-0.2, 0) is 0 Å². The smallest absolute Gasteiger partial charge is 0.406 e. The highest BCUT2D eigenvalue weighted by molar-refractivity contribution is 6.30. The van der Waals surface area contributed by atoms with Crippen molar-refractivity contribution >= 4 is 23.2 Å². The van der Waals surface area contributed by atoms with Crippen molar-refractivity contribution in [2.45, 2.75) is 6.36 Å². The Kier molecular flexibility index (Phi) is 4.85. The lowest BCUT2D eigenvalue weighted by Crippen LogP contribution is -2.17. The van der Waals surface area contributed by atoms with Crippen LogP contribution in [-0.4, -0.2) is 22.1 Å². The Morgan fingerprint density at radius 3 is 2.35 bits per heavy atom. The molecule has 1 amide bonds. The van der Waals surface area contributed by atoms with Crippen molar-refractivity contribution in [1.82, 2.24) is 9.78 Å². The van der Waals surface area contributed by atoms with Gasteiger partial charge in [-0.2, -0.15) is 5.10 Å². The number of aromatic nitrogens is 2. The molecule has 0 atom stereocenters. The lowest BCUT2D eigenvalue weighted by atomic mass is 10.2. The minimum Gasteiger partial charge on any atom is -0.406 e. The van der Waals surface area contributed by atoms with E-state index in [0.29, 0.717) is 10.7 Å². The lowest BCUT2D eigenvalue weighted by molar-refractivity contribution is -0.274. The molecule has 0 fully saturated rings. The molecule has 0 aliphatic carbocycles. The van der Waals surface area contributed by atoms with E-state index in [0.717, 1.165) is 17.8 Å². The second kappa shape index (κ2) is 7.09. The molecule has 0 radical (unpaired) electrons. The maximum Gasteiger partial charge on any atom is 0.573 e. The molecule has 0 aliphatic rings. The number of nitrogens with zero attached hydrogens (tertiary/aromatic N) is 2. The molecule has 0 saturated heterocycles. The van der Waals surface area contributed by atoms with E-state index in [4.69, 9.17) is 11.6 Å². The Labute approximate surface area is 151 Å². The summed E-state index contributed by atoms with van der Waals surface area (Å²) in [5, 5.41) is 7.25. The van der Waals surface area contributed by atoms with Gasteiger partial charge < -0.3 is 10.1 Å². The van der Waals surface area contributed by atoms with E-state index in [2.05, 4.69) is 15.2 Å². The highest BCUT2D eigenvalue weighted by atomic mass is 35.5. The zero-order valence-corrected chi connectivity index (χ0v) is 13.8. The van der Waals surface area contributed by atoms with Gasteiger partial charge in [-0.1, -0.05) is 11.6 Å². The Bertz CT molecular complexity index is 906. The minimum atomic E-state index is -4.76. The Morgan fingerprint density at radius 1 is 1.08 bits per heavy atom. The standard InChI is InChI=1S/C17H11ClF3N3O2/c18-12-1-5-14(6-2-12)24-10-11(9-22-24)16(25)23-13-3-7-15(8-4-13)26-17(19,20)21/h1-10H,(H,23,25). The van der Waals surface area contributed by atoms with E-state index < -0.39 is 12.3 Å². The molecule has 9 heteroatoms. The van der Waals surface area contributed by atoms with Crippen molar-refractivity contribution in [2.24, 2.45) is 0 Å². The summed E-state index contributed by atoms with van der Waals surface area (Å²) in [5.41, 5.74) is 1.33. The topological polar surface area (TPSA) is 56.1 Å². The number of alkyl halides is 3. The van der Waals surface area contributed by atoms with E-state index >= 15 is 0 Å². The molecular formula is C17H11ClF3N3O2. The largest absolute Gasteiger partial charge is 0.573 e. The van der Waals surface area contributed by atoms with Crippen molar-refractivity contribution in [3.05, 3.63) is 71.5 Å². The normalized spacial score (nSPS) is 11.2. The summed E-state index contributed by atoms with van der Waals surface area (Å²) in [7, 11) is 0. The molecule has 0 unspecified atom stereocenters. The van der Waals surface area contributed by atoms with Gasteiger partial charge in [0.1, 0.15) is 5.75 Å². The zero-order chi connectivity index (χ0) is 18.7. The molecule has 0 aliphatic heterocycles. The van der Waals surface area contributed by atoms with Crippen molar-refractivity contribution in [3.63, 3.8) is 0 Å². The molecule has 2 aromatic carbocycles. The number of benzene rings is 2. The predicted molar refractivity (Wildman–Crippen MR) is 89.7 cm³/mol. The number of amides is 1. The first-order valence-electron chi connectivity index (χ1n) is 7.28. The number of hydrogen-bond acceptors (Lipinski definition) is 3. The maximum absolute atomic E-state index is 12.2. The third-order valence-electron chi connectivity index (χ3n) is 3.28. The number of ether oxygens (including phenoxy) is 1. The Balaban J connectivity index is 1.68. The molecule has 3 aromatic rings. The summed E-state index contributed by atoms with van der Waals surface area (Å²) in [4.78, 5) is 12.2. The minimum absolute atomic E-state index is 0.288. The summed E-state index contributed by atoms with van der Waals surface area (Å²) < 4.78 is 41.7. The summed E-state index contributed by atoms with van der Waals surface area (Å²) in [6, 6.07) is 11.7. The first-order valence-corrected chi connectivity index (χ1v) is 7.66. The number of rotatable bonds is 4. The molecule has 3 rings (SSSR count). The van der Waals surface area contributed by atoms with E-state index in [9.17, 15) is 18.0 Å². The second-order valence-corrected chi connectivity index (χ2v) is 5.61. The van der Waals surface area contributed by atoms with Crippen LogP contribution in [0.4, 0.5) is 18.9 Å². The molecular weight excluding hydrogens is 371 g/mol. The van der Waals surface area contributed by atoms with Crippen LogP contribution in [0, 0.1) is 0 Å². The highest BCUT2D eigenvalue weighted by Crippen LogP contribution is 2.24. The van der Waals surface area contributed by atoms with Crippen LogP contribution in [0.15, 0.2) is 60.9 Å². The van der Waals surface area contributed by atoms with Gasteiger partial charge in [0.2, 0.25) is 0 Å². The van der Waals surface area contributed by atoms with E-state index in [1.807, 2.05) is 0 Å². The third-order valence-corrected chi connectivity index (χ3v) is 3.53. The Morgan fingerprint density at radius 2 is 1.73 bits per heavy atom. The van der Waals surface area contributed by atoms with Crippen LogP contribution in [0.1, 0.15) is 10.4 Å². The van der Waals surface area contributed by atoms with Gasteiger partial charge in [-0.15, -0.1) is 13.2 Å². The van der Waals surface area contributed by atoms with Crippen LogP contribution < -0.4 is 10.1 Å². The van der Waals surface area contributed by atoms with Crippen LogP contribution in [0.2, 0.25) is 5.02 Å². The average molecular weight is 382 g/mol. The van der Waals surface area contributed by atoms with E-state index in [1.165, 1.54) is 29.2 Å². The van der Waals surface area contributed by atoms with E-state index in [1.54, 1.807) is 24.3 Å². The van der Waals surface area contributed by atoms with Crippen molar-refractivity contribution < 1.29 is 22.7 Å². The molecule has 1 N–H and O–H groups in total. The first-order chi connectivity index (χ1) is 12.3. The van der Waals surface area contributed by atoms with Crippen molar-refractivity contribution in [3.8, 4) is 11.4 Å². The van der Waals surface area contributed by atoms with Crippen molar-refractivity contribution in [1.29, 1.82) is 0 Å². The van der Waals surface area contributed by atoms with Gasteiger partial charge in [-0.05, 0) is 48.5 Å². The fraction of sp³-hybridized carbons (Fsp3) is 0.0588. The third kappa shape index (κ3) is 4.54. The molecule has 0 spiro atoms. The number of halogens is 4. The van der Waals surface area contributed by atoms with Gasteiger partial charge in [-0.3, -0.25) is 4.79 Å². The van der Waals surface area contributed by atoms with Gasteiger partial charge in [0.25, 0.3) is 5.91 Å². The highest BCUT2D eigenvalue weighted by Gasteiger charge is 2.30. The fourth-order valence-corrected chi connectivity index (χ4v) is 2.24. The second-order valence-electron chi connectivity index (χ2n) is 5.18. The molecule has 5 nitrogen and oxygen atoms in total. The molecule has 1 aromatic heterocycles. The van der Waals surface area contributed by atoms with Gasteiger partial charge >= 0.3 is 6.36 Å². The monoisotopic (exact) mass is 381 g/mol. The molecule has 1 heterocycles. The van der Waals surface area contributed by atoms with Crippen LogP contribution in [0.3, 0.4) is 0 Å². The summed E-state index contributed by atoms with van der Waals surface area (Å²) in [6.07, 6.45) is -1.86. The SMILES string of the molecule is O=C(Nc1ccc(OC(F)(F)F)cc1)c1cnn(-c2ccc(Cl)cc2)c1. The molecule has 0 saturated carbocycles. The number of carbonyl (C=O) groups excluding carboxylic acids is 1. The van der Waals surface area contributed by atoms with Gasteiger partial charge in [-0.25, -0.2) is 4.68 Å². The molecule has 0 bridgehead atoms. The summed E-state index contributed by atoms with van der Waals surface area (Å²) in [6.45, 7) is 0. The van der Waals surface area contributed by atoms with Gasteiger partial charge in [0.15, 0.2) is 0 Å². The number of anilines is 1. The van der Waals surface area contributed by atoms with Crippen LogP contribution in [0.5, 0.6) is 5.75 Å². The van der Waals surface area contributed by atoms with Crippen LogP contribution in [0.25, 0.3) is 5.69 Å². The zero-order valence-electron chi connectivity index (χ0n) is 13.0. The number of carbonyl (C=O) groups is 1. The number of nitrogens with one attached hydrogen (secondary N) is 1. The van der Waals surface area contributed by atoms with Gasteiger partial charge in [0, 0.05) is 16.9 Å². The molecule has 26 heavy (non-hydrogen) atoms. The van der Waals surface area contributed by atoms with Crippen LogP contribution >= 0.6 is 11.6 Å². The Hall–Kier alpha value is -3.00. The van der Waals surface area contributed by atoms with Gasteiger partial charge in [0.05, 0.1) is 17.4 Å². The first kappa shape index (κ1) is 17.8.